The molecular formula is C20H24N4O2. The van der Waals surface area contributed by atoms with E-state index < -0.39 is 0 Å². The summed E-state index contributed by atoms with van der Waals surface area (Å²) in [6.45, 7) is 0.462. The number of hydrogen-bond acceptors (Lipinski definition) is 3. The van der Waals surface area contributed by atoms with Crippen LogP contribution in [-0.4, -0.2) is 39.9 Å². The molecule has 2 aromatic rings. The van der Waals surface area contributed by atoms with E-state index in [0.29, 0.717) is 18.5 Å². The first-order valence-corrected chi connectivity index (χ1v) is 9.17. The van der Waals surface area contributed by atoms with Gasteiger partial charge in [0.1, 0.15) is 5.82 Å². The van der Waals surface area contributed by atoms with E-state index in [0.717, 1.165) is 18.7 Å². The van der Waals surface area contributed by atoms with E-state index in [4.69, 9.17) is 0 Å². The molecule has 1 aliphatic heterocycles. The van der Waals surface area contributed by atoms with Crippen molar-refractivity contribution in [3.05, 3.63) is 53.1 Å². The van der Waals surface area contributed by atoms with Gasteiger partial charge in [-0.15, -0.1) is 0 Å². The highest BCUT2D eigenvalue weighted by atomic mass is 16.2. The van der Waals surface area contributed by atoms with Gasteiger partial charge >= 0.3 is 0 Å². The van der Waals surface area contributed by atoms with Crippen LogP contribution in [0.2, 0.25) is 0 Å². The van der Waals surface area contributed by atoms with Crippen LogP contribution in [0.3, 0.4) is 0 Å². The lowest BCUT2D eigenvalue weighted by atomic mass is 9.99. The molecule has 4 rings (SSSR count). The first-order valence-electron chi connectivity index (χ1n) is 9.17. The Hall–Kier alpha value is -2.63. The molecule has 1 aliphatic carbocycles. The van der Waals surface area contributed by atoms with Crippen molar-refractivity contribution in [3.8, 4) is 0 Å². The Morgan fingerprint density at radius 3 is 2.85 bits per heavy atom. The van der Waals surface area contributed by atoms with Gasteiger partial charge in [-0.1, -0.05) is 6.07 Å². The average Bonchev–Trinajstić information content (AvgIpc) is 3.33. The largest absolute Gasteiger partial charge is 0.352 e. The van der Waals surface area contributed by atoms with Crippen LogP contribution in [0.25, 0.3) is 0 Å². The molecule has 0 spiro atoms. The zero-order valence-electron chi connectivity index (χ0n) is 15.2. The van der Waals surface area contributed by atoms with E-state index >= 15 is 0 Å². The second-order valence-corrected chi connectivity index (χ2v) is 7.36. The first kappa shape index (κ1) is 16.8. The number of nitrogens with zero attached hydrogens (tertiary/aromatic N) is 3. The molecule has 26 heavy (non-hydrogen) atoms. The van der Waals surface area contributed by atoms with Crippen molar-refractivity contribution in [2.45, 2.75) is 31.7 Å². The van der Waals surface area contributed by atoms with E-state index in [2.05, 4.69) is 16.4 Å². The number of carbonyl (C=O) groups excluding carboxylic acids is 2. The van der Waals surface area contributed by atoms with Crippen LogP contribution >= 0.6 is 0 Å². The Kier molecular flexibility index (Phi) is 4.26. The molecule has 0 bridgehead atoms. The minimum atomic E-state index is -0.108. The van der Waals surface area contributed by atoms with Gasteiger partial charge in [0, 0.05) is 50.9 Å². The van der Waals surface area contributed by atoms with Crippen LogP contribution in [0.4, 0.5) is 0 Å². The summed E-state index contributed by atoms with van der Waals surface area (Å²) in [4.78, 5) is 31.0. The lowest BCUT2D eigenvalue weighted by Crippen LogP contribution is -2.33. The summed E-state index contributed by atoms with van der Waals surface area (Å²) >= 11 is 0. The van der Waals surface area contributed by atoms with Crippen molar-refractivity contribution in [2.24, 2.45) is 13.0 Å². The molecule has 0 saturated carbocycles. The van der Waals surface area contributed by atoms with Crippen molar-refractivity contribution < 1.29 is 9.59 Å². The molecule has 1 N–H and O–H groups in total. The Labute approximate surface area is 153 Å². The van der Waals surface area contributed by atoms with Crippen LogP contribution in [0, 0.1) is 5.92 Å². The van der Waals surface area contributed by atoms with Gasteiger partial charge in [-0.25, -0.2) is 4.98 Å². The van der Waals surface area contributed by atoms with Crippen LogP contribution in [0.5, 0.6) is 0 Å². The number of benzene rings is 1. The fraction of sp³-hybridized carbons (Fsp3) is 0.450. The van der Waals surface area contributed by atoms with Gasteiger partial charge in [0.05, 0.1) is 6.04 Å². The maximum absolute atomic E-state index is 12.6. The fourth-order valence-corrected chi connectivity index (χ4v) is 4.22. The third-order valence-electron chi connectivity index (χ3n) is 5.70. The van der Waals surface area contributed by atoms with E-state index in [9.17, 15) is 9.59 Å². The van der Waals surface area contributed by atoms with E-state index in [1.807, 2.05) is 37.0 Å². The van der Waals surface area contributed by atoms with Crippen LogP contribution in [-0.2, 0) is 24.7 Å². The minimum Gasteiger partial charge on any atom is -0.352 e. The number of carbonyl (C=O) groups is 2. The summed E-state index contributed by atoms with van der Waals surface area (Å²) in [5, 5.41) is 3.03. The number of aromatic nitrogens is 2. The molecule has 1 aromatic carbocycles. The van der Waals surface area contributed by atoms with Gasteiger partial charge in [0.2, 0.25) is 5.91 Å². The third kappa shape index (κ3) is 2.89. The molecule has 1 saturated heterocycles. The number of imidazole rings is 1. The number of nitrogens with one attached hydrogen (secondary N) is 1. The molecular weight excluding hydrogens is 328 g/mol. The van der Waals surface area contributed by atoms with Crippen molar-refractivity contribution in [1.82, 2.24) is 19.8 Å². The van der Waals surface area contributed by atoms with Crippen molar-refractivity contribution in [3.63, 3.8) is 0 Å². The SMILES string of the molecule is CN1C(=O)C[C@@H](CNC(=O)c2ccc3c(c2)CCC3)[C@@H]1c1nccn1C. The number of amides is 2. The second-order valence-electron chi connectivity index (χ2n) is 7.36. The number of rotatable bonds is 4. The van der Waals surface area contributed by atoms with E-state index in [1.54, 1.807) is 11.1 Å². The predicted molar refractivity (Wildman–Crippen MR) is 97.6 cm³/mol. The Balaban J connectivity index is 1.47. The summed E-state index contributed by atoms with van der Waals surface area (Å²) in [7, 11) is 3.74. The smallest absolute Gasteiger partial charge is 0.251 e. The zero-order valence-corrected chi connectivity index (χ0v) is 15.2. The molecule has 0 radical (unpaired) electrons. The molecule has 1 fully saturated rings. The Morgan fingerprint density at radius 2 is 2.08 bits per heavy atom. The van der Waals surface area contributed by atoms with Crippen LogP contribution in [0.1, 0.15) is 46.2 Å². The monoisotopic (exact) mass is 352 g/mol. The number of hydrogen-bond donors (Lipinski definition) is 1. The van der Waals surface area contributed by atoms with Gasteiger partial charge in [-0.3, -0.25) is 9.59 Å². The van der Waals surface area contributed by atoms with E-state index in [-0.39, 0.29) is 23.8 Å². The van der Waals surface area contributed by atoms with Gasteiger partial charge in [0.25, 0.3) is 5.91 Å². The standard InChI is InChI=1S/C20H24N4O2/c1-23-9-8-21-19(23)18-16(11-17(25)24(18)2)12-22-20(26)15-7-6-13-4-3-5-14(13)10-15/h6-10,16,18H,3-5,11-12H2,1-2H3,(H,22,26)/t16-,18+/m0/s1. The summed E-state index contributed by atoms with van der Waals surface area (Å²) < 4.78 is 1.94. The van der Waals surface area contributed by atoms with Gasteiger partial charge in [0.15, 0.2) is 0 Å². The third-order valence-corrected chi connectivity index (χ3v) is 5.70. The molecule has 1 aromatic heterocycles. The molecule has 136 valence electrons. The minimum absolute atomic E-state index is 0.0203. The van der Waals surface area contributed by atoms with Crippen molar-refractivity contribution >= 4 is 11.8 Å². The zero-order chi connectivity index (χ0) is 18.3. The van der Waals surface area contributed by atoms with Gasteiger partial charge in [-0.2, -0.15) is 0 Å². The molecule has 0 unspecified atom stereocenters. The highest BCUT2D eigenvalue weighted by Crippen LogP contribution is 2.35. The van der Waals surface area contributed by atoms with Crippen molar-refractivity contribution in [1.29, 1.82) is 0 Å². The van der Waals surface area contributed by atoms with Gasteiger partial charge in [-0.05, 0) is 42.5 Å². The molecule has 2 aliphatic rings. The first-order chi connectivity index (χ1) is 12.5. The van der Waals surface area contributed by atoms with Gasteiger partial charge < -0.3 is 14.8 Å². The number of aryl methyl sites for hydroxylation is 3. The van der Waals surface area contributed by atoms with Crippen LogP contribution in [0.15, 0.2) is 30.6 Å². The van der Waals surface area contributed by atoms with Crippen LogP contribution < -0.4 is 5.32 Å². The van der Waals surface area contributed by atoms with E-state index in [1.165, 1.54) is 17.5 Å². The quantitative estimate of drug-likeness (QED) is 0.913. The maximum atomic E-state index is 12.6. The number of likely N-dealkylation sites (tertiary alicyclic amines) is 1. The molecule has 2 heterocycles. The highest BCUT2D eigenvalue weighted by Gasteiger charge is 2.40. The molecule has 2 atom stereocenters. The Bertz CT molecular complexity index is 857. The fourth-order valence-electron chi connectivity index (χ4n) is 4.22. The predicted octanol–water partition coefficient (Wildman–Crippen LogP) is 1.86. The average molecular weight is 352 g/mol. The molecule has 6 heteroatoms. The molecule has 2 amide bonds. The second kappa shape index (κ2) is 6.59. The lowest BCUT2D eigenvalue weighted by molar-refractivity contribution is -0.127. The summed E-state index contributed by atoms with van der Waals surface area (Å²) in [5.41, 5.74) is 3.36. The maximum Gasteiger partial charge on any atom is 0.251 e. The summed E-state index contributed by atoms with van der Waals surface area (Å²) in [5.74, 6) is 0.900. The summed E-state index contributed by atoms with van der Waals surface area (Å²) in [6.07, 6.45) is 7.39. The highest BCUT2D eigenvalue weighted by molar-refractivity contribution is 5.94. The number of fused-ring (bicyclic) bond motifs is 1. The van der Waals surface area contributed by atoms with Crippen molar-refractivity contribution in [2.75, 3.05) is 13.6 Å². The summed E-state index contributed by atoms with van der Waals surface area (Å²) in [6, 6.07) is 5.88. The normalized spacial score (nSPS) is 21.9. The molecule has 6 nitrogen and oxygen atoms in total. The Morgan fingerprint density at radius 1 is 1.27 bits per heavy atom. The lowest BCUT2D eigenvalue weighted by Gasteiger charge is -2.24. The topological polar surface area (TPSA) is 67.2 Å².